The van der Waals surface area contributed by atoms with Crippen molar-refractivity contribution in [3.05, 3.63) is 47.7 Å². The van der Waals surface area contributed by atoms with Gasteiger partial charge in [0.2, 0.25) is 5.88 Å². The zero-order valence-electron chi connectivity index (χ0n) is 11.6. The smallest absolute Gasteiger partial charge is 0.216 e. The molecule has 0 amide bonds. The summed E-state index contributed by atoms with van der Waals surface area (Å²) in [6.45, 7) is 0. The third kappa shape index (κ3) is 2.85. The van der Waals surface area contributed by atoms with Crippen molar-refractivity contribution in [3.8, 4) is 11.6 Å². The Morgan fingerprint density at radius 2 is 1.95 bits per heavy atom. The molecule has 0 aliphatic heterocycles. The van der Waals surface area contributed by atoms with Crippen LogP contribution in [0.2, 0.25) is 0 Å². The molecule has 6 heteroatoms. The molecule has 1 aromatic carbocycles. The van der Waals surface area contributed by atoms with Gasteiger partial charge in [0.25, 0.3) is 0 Å². The second-order valence-corrected chi connectivity index (χ2v) is 4.10. The van der Waals surface area contributed by atoms with Crippen LogP contribution in [0.5, 0.6) is 11.6 Å². The Balaban J connectivity index is 2.38. The van der Waals surface area contributed by atoms with Gasteiger partial charge < -0.3 is 14.8 Å². The van der Waals surface area contributed by atoms with Crippen molar-refractivity contribution in [3.63, 3.8) is 0 Å². The van der Waals surface area contributed by atoms with Crippen LogP contribution in [0.25, 0.3) is 0 Å². The third-order valence-electron chi connectivity index (χ3n) is 2.97. The van der Waals surface area contributed by atoms with E-state index in [4.69, 9.17) is 9.47 Å². The average Bonchev–Trinajstić information content (AvgIpc) is 2.48. The maximum atomic E-state index is 13.8. The molecule has 1 N–H and O–H groups in total. The average molecular weight is 277 g/mol. The molecule has 1 heterocycles. The summed E-state index contributed by atoms with van der Waals surface area (Å²) in [5.74, 6) is 0.263. The Bertz CT molecular complexity index is 592. The van der Waals surface area contributed by atoms with E-state index in [-0.39, 0.29) is 11.8 Å². The molecule has 0 aliphatic carbocycles. The van der Waals surface area contributed by atoms with E-state index in [1.807, 2.05) is 0 Å². The second-order valence-electron chi connectivity index (χ2n) is 4.10. The predicted octanol–water partition coefficient (Wildman–Crippen LogP) is 1.94. The number of hydrogen-bond donors (Lipinski definition) is 1. The highest BCUT2D eigenvalue weighted by atomic mass is 19.1. The highest BCUT2D eigenvalue weighted by Crippen LogP contribution is 2.26. The van der Waals surface area contributed by atoms with E-state index in [9.17, 15) is 4.39 Å². The molecule has 0 saturated carbocycles. The summed E-state index contributed by atoms with van der Waals surface area (Å²) in [6, 6.07) is 6.26. The molecule has 2 rings (SSSR count). The number of halogens is 1. The summed E-state index contributed by atoms with van der Waals surface area (Å²) in [6.07, 6.45) is 1.42. The Labute approximate surface area is 116 Å². The zero-order chi connectivity index (χ0) is 14.5. The first-order chi connectivity index (χ1) is 9.69. The molecule has 1 aromatic heterocycles. The molecule has 0 bridgehead atoms. The normalized spacial score (nSPS) is 12.0. The summed E-state index contributed by atoms with van der Waals surface area (Å²) in [5, 5.41) is 3.10. The maximum Gasteiger partial charge on any atom is 0.216 e. The van der Waals surface area contributed by atoms with Crippen LogP contribution in [0, 0.1) is 5.82 Å². The van der Waals surface area contributed by atoms with E-state index < -0.39 is 5.82 Å². The fourth-order valence-corrected chi connectivity index (χ4v) is 1.97. The number of hydrogen-bond acceptors (Lipinski definition) is 5. The van der Waals surface area contributed by atoms with Crippen molar-refractivity contribution >= 4 is 0 Å². The van der Waals surface area contributed by atoms with E-state index in [0.717, 1.165) is 5.56 Å². The lowest BCUT2D eigenvalue weighted by Crippen LogP contribution is -2.19. The van der Waals surface area contributed by atoms with Crippen molar-refractivity contribution < 1.29 is 13.9 Å². The van der Waals surface area contributed by atoms with Gasteiger partial charge in [-0.3, -0.25) is 0 Å². The van der Waals surface area contributed by atoms with Gasteiger partial charge >= 0.3 is 0 Å². The first kappa shape index (κ1) is 14.2. The van der Waals surface area contributed by atoms with Crippen LogP contribution in [0.1, 0.15) is 17.3 Å². The first-order valence-corrected chi connectivity index (χ1v) is 6.06. The van der Waals surface area contributed by atoms with E-state index in [1.165, 1.54) is 26.6 Å². The quantitative estimate of drug-likeness (QED) is 0.905. The Morgan fingerprint density at radius 1 is 1.15 bits per heavy atom. The van der Waals surface area contributed by atoms with E-state index in [0.29, 0.717) is 11.6 Å². The highest BCUT2D eigenvalue weighted by Gasteiger charge is 2.16. The summed E-state index contributed by atoms with van der Waals surface area (Å²) in [5.41, 5.74) is 1.44. The largest absolute Gasteiger partial charge is 0.494 e. The fraction of sp³-hybridized carbons (Fsp3) is 0.286. The molecule has 0 radical (unpaired) electrons. The van der Waals surface area contributed by atoms with Crippen molar-refractivity contribution in [1.29, 1.82) is 0 Å². The number of ether oxygens (including phenoxy) is 2. The Kier molecular flexibility index (Phi) is 4.47. The van der Waals surface area contributed by atoms with Gasteiger partial charge in [-0.1, -0.05) is 6.07 Å². The van der Waals surface area contributed by atoms with E-state index >= 15 is 0 Å². The van der Waals surface area contributed by atoms with Gasteiger partial charge in [-0.25, -0.2) is 14.4 Å². The number of aromatic nitrogens is 2. The number of methoxy groups -OCH3 is 2. The molecule has 5 nitrogen and oxygen atoms in total. The first-order valence-electron chi connectivity index (χ1n) is 6.06. The van der Waals surface area contributed by atoms with Crippen LogP contribution in [-0.4, -0.2) is 31.2 Å². The number of nitrogens with one attached hydrogen (secondary N) is 1. The minimum Gasteiger partial charge on any atom is -0.494 e. The monoisotopic (exact) mass is 277 g/mol. The Morgan fingerprint density at radius 3 is 2.55 bits per heavy atom. The SMILES string of the molecule is CNC(c1ccc(OC)c(F)c1)c1cc(OC)ncn1. The van der Waals surface area contributed by atoms with Crippen molar-refractivity contribution in [2.45, 2.75) is 6.04 Å². The molecule has 20 heavy (non-hydrogen) atoms. The van der Waals surface area contributed by atoms with Crippen molar-refractivity contribution in [1.82, 2.24) is 15.3 Å². The molecule has 0 fully saturated rings. The van der Waals surface area contributed by atoms with Gasteiger partial charge in [0, 0.05) is 6.07 Å². The van der Waals surface area contributed by atoms with Crippen molar-refractivity contribution in [2.75, 3.05) is 21.3 Å². The van der Waals surface area contributed by atoms with Gasteiger partial charge in [-0.15, -0.1) is 0 Å². The maximum absolute atomic E-state index is 13.8. The minimum absolute atomic E-state index is 0.212. The molecule has 0 aliphatic rings. The molecule has 2 aromatic rings. The van der Waals surface area contributed by atoms with Crippen LogP contribution >= 0.6 is 0 Å². The summed E-state index contributed by atoms with van der Waals surface area (Å²) < 4.78 is 23.8. The predicted molar refractivity (Wildman–Crippen MR) is 72.4 cm³/mol. The summed E-state index contributed by atoms with van der Waals surface area (Å²) >= 11 is 0. The van der Waals surface area contributed by atoms with Gasteiger partial charge in [0.1, 0.15) is 6.33 Å². The number of rotatable bonds is 5. The van der Waals surface area contributed by atoms with Crippen LogP contribution in [-0.2, 0) is 0 Å². The van der Waals surface area contributed by atoms with Gasteiger partial charge in [-0.2, -0.15) is 0 Å². The zero-order valence-corrected chi connectivity index (χ0v) is 11.6. The summed E-state index contributed by atoms with van der Waals surface area (Å²) in [7, 11) is 4.75. The lowest BCUT2D eigenvalue weighted by molar-refractivity contribution is 0.385. The lowest BCUT2D eigenvalue weighted by Gasteiger charge is -2.17. The molecular weight excluding hydrogens is 261 g/mol. The van der Waals surface area contributed by atoms with E-state index in [1.54, 1.807) is 25.2 Å². The number of nitrogens with zero attached hydrogens (tertiary/aromatic N) is 2. The van der Waals surface area contributed by atoms with Gasteiger partial charge in [0.15, 0.2) is 11.6 Å². The highest BCUT2D eigenvalue weighted by molar-refractivity contribution is 5.35. The second kappa shape index (κ2) is 6.29. The lowest BCUT2D eigenvalue weighted by atomic mass is 10.0. The van der Waals surface area contributed by atoms with Crippen LogP contribution in [0.4, 0.5) is 4.39 Å². The molecule has 106 valence electrons. The molecular formula is C14H16FN3O2. The third-order valence-corrected chi connectivity index (χ3v) is 2.97. The van der Waals surface area contributed by atoms with Gasteiger partial charge in [-0.05, 0) is 24.7 Å². The molecule has 0 spiro atoms. The molecule has 1 atom stereocenters. The van der Waals surface area contributed by atoms with Crippen LogP contribution < -0.4 is 14.8 Å². The standard InChI is InChI=1S/C14H16FN3O2/c1-16-14(11-7-13(20-3)18-8-17-11)9-4-5-12(19-2)10(15)6-9/h4-8,14,16H,1-3H3. The topological polar surface area (TPSA) is 56.3 Å². The van der Waals surface area contributed by atoms with Crippen molar-refractivity contribution in [2.24, 2.45) is 0 Å². The molecule has 1 unspecified atom stereocenters. The number of benzene rings is 1. The van der Waals surface area contributed by atoms with Gasteiger partial charge in [0.05, 0.1) is 26.0 Å². The van der Waals surface area contributed by atoms with E-state index in [2.05, 4.69) is 15.3 Å². The Hall–Kier alpha value is -2.21. The minimum atomic E-state index is -0.411. The van der Waals surface area contributed by atoms with Crippen LogP contribution in [0.3, 0.4) is 0 Å². The summed E-state index contributed by atoms with van der Waals surface area (Å²) in [4.78, 5) is 8.16. The fourth-order valence-electron chi connectivity index (χ4n) is 1.97. The molecule has 0 saturated heterocycles. The van der Waals surface area contributed by atoms with Crippen LogP contribution in [0.15, 0.2) is 30.6 Å².